The van der Waals surface area contributed by atoms with Crippen molar-refractivity contribution in [3.8, 4) is 0 Å². The van der Waals surface area contributed by atoms with Crippen LogP contribution >= 0.6 is 0 Å². The topological polar surface area (TPSA) is 84.3 Å². The van der Waals surface area contributed by atoms with Crippen LogP contribution in [0.15, 0.2) is 42.7 Å². The second kappa shape index (κ2) is 6.64. The van der Waals surface area contributed by atoms with Crippen molar-refractivity contribution in [1.82, 2.24) is 14.5 Å². The Hall–Kier alpha value is -2.35. The summed E-state index contributed by atoms with van der Waals surface area (Å²) in [7, 11) is -3.92. The molecule has 24 heavy (non-hydrogen) atoms. The summed E-state index contributed by atoms with van der Waals surface area (Å²) in [6, 6.07) is 9.13. The van der Waals surface area contributed by atoms with Crippen LogP contribution in [-0.2, 0) is 28.0 Å². The summed E-state index contributed by atoms with van der Waals surface area (Å²) in [6.45, 7) is 2.37. The van der Waals surface area contributed by atoms with Crippen molar-refractivity contribution in [3.63, 3.8) is 0 Å². The Morgan fingerprint density at radius 1 is 1.33 bits per heavy atom. The van der Waals surface area contributed by atoms with Crippen LogP contribution in [0.25, 0.3) is 0 Å². The van der Waals surface area contributed by atoms with Gasteiger partial charge in [0.05, 0.1) is 18.2 Å². The van der Waals surface area contributed by atoms with Gasteiger partial charge in [-0.2, -0.15) is 13.5 Å². The fourth-order valence-corrected chi connectivity index (χ4v) is 4.18. The first-order valence-electron chi connectivity index (χ1n) is 7.87. The van der Waals surface area contributed by atoms with Gasteiger partial charge in [0, 0.05) is 18.9 Å². The van der Waals surface area contributed by atoms with Gasteiger partial charge < -0.3 is 0 Å². The monoisotopic (exact) mass is 348 g/mol. The zero-order valence-corrected chi connectivity index (χ0v) is 14.2. The van der Waals surface area contributed by atoms with Crippen LogP contribution in [0.4, 0.5) is 5.69 Å². The SMILES string of the molecule is CC(Cn1cccn1)C(=O)NS(=O)(=O)N1CCCc2ccccc21. The molecule has 128 valence electrons. The number of anilines is 1. The van der Waals surface area contributed by atoms with Gasteiger partial charge in [0.2, 0.25) is 5.91 Å². The highest BCUT2D eigenvalue weighted by atomic mass is 32.2. The molecule has 0 saturated heterocycles. The lowest BCUT2D eigenvalue weighted by molar-refractivity contribution is -0.123. The van der Waals surface area contributed by atoms with Crippen LogP contribution in [0.2, 0.25) is 0 Å². The largest absolute Gasteiger partial charge is 0.326 e. The van der Waals surface area contributed by atoms with Crippen molar-refractivity contribution >= 4 is 21.8 Å². The van der Waals surface area contributed by atoms with E-state index >= 15 is 0 Å². The molecule has 1 unspecified atom stereocenters. The Bertz CT molecular complexity index is 818. The number of aryl methyl sites for hydroxylation is 1. The summed E-state index contributed by atoms with van der Waals surface area (Å²) in [5, 5.41) is 4.03. The smallest absolute Gasteiger partial charge is 0.274 e. The number of nitrogens with one attached hydrogen (secondary N) is 1. The first kappa shape index (κ1) is 16.5. The minimum atomic E-state index is -3.92. The second-order valence-corrected chi connectivity index (χ2v) is 7.50. The average Bonchev–Trinajstić information content (AvgIpc) is 3.06. The maximum Gasteiger partial charge on any atom is 0.326 e. The van der Waals surface area contributed by atoms with E-state index in [1.165, 1.54) is 4.31 Å². The average molecular weight is 348 g/mol. The molecule has 2 aromatic rings. The Labute approximate surface area is 141 Å². The molecule has 0 bridgehead atoms. The van der Waals surface area contributed by atoms with Gasteiger partial charge in [-0.05, 0) is 30.5 Å². The lowest BCUT2D eigenvalue weighted by Gasteiger charge is -2.30. The molecule has 0 saturated carbocycles. The number of carbonyl (C=O) groups is 1. The Morgan fingerprint density at radius 3 is 2.88 bits per heavy atom. The maximum absolute atomic E-state index is 12.6. The van der Waals surface area contributed by atoms with Crippen molar-refractivity contribution in [1.29, 1.82) is 0 Å². The van der Waals surface area contributed by atoms with Crippen molar-refractivity contribution in [2.75, 3.05) is 10.8 Å². The van der Waals surface area contributed by atoms with Gasteiger partial charge >= 0.3 is 10.2 Å². The molecule has 0 aliphatic carbocycles. The van der Waals surface area contributed by atoms with Crippen LogP contribution in [0.1, 0.15) is 18.9 Å². The number of nitrogens with zero attached hydrogens (tertiary/aromatic N) is 3. The number of benzene rings is 1. The van der Waals surface area contributed by atoms with Gasteiger partial charge in [-0.1, -0.05) is 25.1 Å². The van der Waals surface area contributed by atoms with E-state index in [0.29, 0.717) is 18.8 Å². The summed E-state index contributed by atoms with van der Waals surface area (Å²) in [6.07, 6.45) is 4.92. The number of para-hydroxylation sites is 1. The number of fused-ring (bicyclic) bond motifs is 1. The van der Waals surface area contributed by atoms with Gasteiger partial charge in [-0.25, -0.2) is 4.72 Å². The van der Waals surface area contributed by atoms with Crippen LogP contribution in [0, 0.1) is 5.92 Å². The molecule has 2 heterocycles. The second-order valence-electron chi connectivity index (χ2n) is 5.90. The summed E-state index contributed by atoms with van der Waals surface area (Å²) in [5.74, 6) is -1.05. The van der Waals surface area contributed by atoms with Crippen molar-refractivity contribution in [2.24, 2.45) is 5.92 Å². The van der Waals surface area contributed by atoms with E-state index in [9.17, 15) is 13.2 Å². The number of hydrogen-bond donors (Lipinski definition) is 1. The van der Waals surface area contributed by atoms with Crippen LogP contribution in [-0.4, -0.2) is 30.7 Å². The molecular weight excluding hydrogens is 328 g/mol. The van der Waals surface area contributed by atoms with Crippen molar-refractivity contribution in [2.45, 2.75) is 26.3 Å². The number of rotatable bonds is 5. The van der Waals surface area contributed by atoms with Crippen molar-refractivity contribution < 1.29 is 13.2 Å². The zero-order valence-electron chi connectivity index (χ0n) is 13.4. The normalized spacial score (nSPS) is 15.6. The Balaban J connectivity index is 1.73. The fourth-order valence-electron chi connectivity index (χ4n) is 2.80. The summed E-state index contributed by atoms with van der Waals surface area (Å²) in [4.78, 5) is 12.3. The maximum atomic E-state index is 12.6. The quantitative estimate of drug-likeness (QED) is 0.883. The molecule has 3 rings (SSSR count). The van der Waals surface area contributed by atoms with Crippen LogP contribution in [0.5, 0.6) is 0 Å². The molecule has 1 aliphatic rings. The fraction of sp³-hybridized carbons (Fsp3) is 0.375. The molecule has 1 N–H and O–H groups in total. The van der Waals surface area contributed by atoms with Gasteiger partial charge in [0.15, 0.2) is 0 Å². The Morgan fingerprint density at radius 2 is 2.12 bits per heavy atom. The van der Waals surface area contributed by atoms with E-state index in [-0.39, 0.29) is 0 Å². The van der Waals surface area contributed by atoms with E-state index in [2.05, 4.69) is 9.82 Å². The number of aromatic nitrogens is 2. The highest BCUT2D eigenvalue weighted by molar-refractivity contribution is 7.91. The molecule has 7 nitrogen and oxygen atoms in total. The third kappa shape index (κ3) is 3.43. The number of hydrogen-bond acceptors (Lipinski definition) is 4. The number of carbonyl (C=O) groups excluding carboxylic acids is 1. The minimum absolute atomic E-state index is 0.324. The molecule has 0 spiro atoms. The van der Waals surface area contributed by atoms with Crippen molar-refractivity contribution in [3.05, 3.63) is 48.3 Å². The van der Waals surface area contributed by atoms with E-state index in [1.54, 1.807) is 42.2 Å². The zero-order chi connectivity index (χ0) is 17.2. The molecule has 8 heteroatoms. The predicted molar refractivity (Wildman–Crippen MR) is 90.6 cm³/mol. The van der Waals surface area contributed by atoms with E-state index in [0.717, 1.165) is 18.4 Å². The molecule has 1 amide bonds. The van der Waals surface area contributed by atoms with Crippen LogP contribution < -0.4 is 9.03 Å². The molecule has 1 atom stereocenters. The molecular formula is C16H20N4O3S. The molecule has 1 aromatic heterocycles. The summed E-state index contributed by atoms with van der Waals surface area (Å²) in [5.41, 5.74) is 1.62. The Kier molecular flexibility index (Phi) is 4.57. The van der Waals surface area contributed by atoms with Gasteiger partial charge in [0.1, 0.15) is 0 Å². The van der Waals surface area contributed by atoms with E-state index in [1.807, 2.05) is 12.1 Å². The van der Waals surface area contributed by atoms with Gasteiger partial charge in [-0.3, -0.25) is 13.8 Å². The molecule has 1 aromatic carbocycles. The first-order valence-corrected chi connectivity index (χ1v) is 9.31. The summed E-state index contributed by atoms with van der Waals surface area (Å²) < 4.78 is 30.4. The van der Waals surface area contributed by atoms with E-state index in [4.69, 9.17) is 0 Å². The third-order valence-corrected chi connectivity index (χ3v) is 5.47. The first-order chi connectivity index (χ1) is 11.5. The third-order valence-electron chi connectivity index (χ3n) is 4.06. The molecule has 1 aliphatic heterocycles. The lowest BCUT2D eigenvalue weighted by Crippen LogP contribution is -2.47. The molecule has 0 radical (unpaired) electrons. The lowest BCUT2D eigenvalue weighted by atomic mass is 10.0. The highest BCUT2D eigenvalue weighted by Crippen LogP contribution is 2.28. The number of amides is 1. The minimum Gasteiger partial charge on any atom is -0.274 e. The predicted octanol–water partition coefficient (Wildman–Crippen LogP) is 1.33. The van der Waals surface area contributed by atoms with Gasteiger partial charge in [-0.15, -0.1) is 0 Å². The summed E-state index contributed by atoms with van der Waals surface area (Å²) >= 11 is 0. The van der Waals surface area contributed by atoms with E-state index < -0.39 is 22.0 Å². The standard InChI is InChI=1S/C16H20N4O3S/c1-13(12-19-10-5-9-17-19)16(21)18-24(22,23)20-11-4-7-14-6-2-3-8-15(14)20/h2-3,5-6,8-10,13H,4,7,11-12H2,1H3,(H,18,21). The van der Waals surface area contributed by atoms with Gasteiger partial charge in [0.25, 0.3) is 0 Å². The molecule has 0 fully saturated rings. The van der Waals surface area contributed by atoms with Crippen LogP contribution in [0.3, 0.4) is 0 Å². The highest BCUT2D eigenvalue weighted by Gasteiger charge is 2.30.